The van der Waals surface area contributed by atoms with Crippen LogP contribution in [-0.4, -0.2) is 18.4 Å². The minimum atomic E-state index is -0.193. The van der Waals surface area contributed by atoms with Crippen molar-refractivity contribution in [1.82, 2.24) is 0 Å². The van der Waals surface area contributed by atoms with Crippen molar-refractivity contribution in [3.63, 3.8) is 0 Å². The Kier molecular flexibility index (Phi) is 4.27. The Labute approximate surface area is 142 Å². The maximum atomic E-state index is 12.2. The molecule has 0 aliphatic carbocycles. The molecule has 0 amide bonds. The van der Waals surface area contributed by atoms with Crippen LogP contribution in [0.4, 0.5) is 5.88 Å². The fourth-order valence-corrected chi connectivity index (χ4v) is 2.70. The number of para-hydroxylation sites is 1. The van der Waals surface area contributed by atoms with Gasteiger partial charge in [0.15, 0.2) is 23.2 Å². The zero-order chi connectivity index (χ0) is 17.3. The maximum Gasteiger partial charge on any atom is 0.200 e. The van der Waals surface area contributed by atoms with Crippen LogP contribution in [0.25, 0.3) is 11.0 Å². The molecule has 0 fully saturated rings. The fraction of sp³-hybridized carbons (Fsp3) is 0.111. The zero-order valence-corrected chi connectivity index (χ0v) is 13.6. The number of hydrogen-bond donors (Lipinski definition) is 1. The first-order valence-corrected chi connectivity index (χ1v) is 7.58. The Bertz CT molecular complexity index is 980. The van der Waals surface area contributed by atoms with Gasteiger partial charge in [-0.15, -0.1) is 0 Å². The largest absolute Gasteiger partial charge is 0.508 e. The zero-order valence-electron chi connectivity index (χ0n) is 12.8. The molecular weight excluding hydrogens is 330 g/mol. The van der Waals surface area contributed by atoms with Crippen LogP contribution in [0.15, 0.2) is 51.7 Å². The summed E-state index contributed by atoms with van der Waals surface area (Å²) in [7, 11) is 1.74. The summed E-state index contributed by atoms with van der Waals surface area (Å²) in [6, 6.07) is 10.9. The molecule has 122 valence electrons. The maximum absolute atomic E-state index is 12.2. The van der Waals surface area contributed by atoms with Crippen LogP contribution < -0.4 is 10.3 Å². The van der Waals surface area contributed by atoms with E-state index in [-0.39, 0.29) is 11.2 Å². The highest BCUT2D eigenvalue weighted by Crippen LogP contribution is 2.26. The van der Waals surface area contributed by atoms with Crippen LogP contribution in [0.1, 0.15) is 15.9 Å². The van der Waals surface area contributed by atoms with E-state index in [9.17, 15) is 14.7 Å². The summed E-state index contributed by atoms with van der Waals surface area (Å²) in [6.07, 6.45) is 0.677. The third-order valence-corrected chi connectivity index (χ3v) is 4.03. The van der Waals surface area contributed by atoms with Gasteiger partial charge in [0.2, 0.25) is 0 Å². The van der Waals surface area contributed by atoms with Gasteiger partial charge in [0.1, 0.15) is 5.75 Å². The monoisotopic (exact) mass is 343 g/mol. The van der Waals surface area contributed by atoms with E-state index in [0.29, 0.717) is 45.8 Å². The quantitative estimate of drug-likeness (QED) is 0.733. The summed E-state index contributed by atoms with van der Waals surface area (Å²) in [5.41, 5.74) is 1.21. The molecule has 5 nitrogen and oxygen atoms in total. The summed E-state index contributed by atoms with van der Waals surface area (Å²) in [5.74, 6) is 0.359. The van der Waals surface area contributed by atoms with Gasteiger partial charge in [0.25, 0.3) is 0 Å². The van der Waals surface area contributed by atoms with Crippen molar-refractivity contribution in [2.45, 2.75) is 6.54 Å². The number of benzene rings is 2. The van der Waals surface area contributed by atoms with E-state index in [1.165, 1.54) is 18.2 Å². The van der Waals surface area contributed by atoms with E-state index in [1.54, 1.807) is 36.2 Å². The van der Waals surface area contributed by atoms with Gasteiger partial charge in [-0.3, -0.25) is 9.59 Å². The van der Waals surface area contributed by atoms with Gasteiger partial charge in [0.05, 0.1) is 10.4 Å². The average molecular weight is 344 g/mol. The van der Waals surface area contributed by atoms with Crippen molar-refractivity contribution in [2.75, 3.05) is 11.9 Å². The Balaban J connectivity index is 2.00. The van der Waals surface area contributed by atoms with Crippen molar-refractivity contribution < 1.29 is 14.3 Å². The number of carbonyl (C=O) groups excluding carboxylic acids is 1. The van der Waals surface area contributed by atoms with Crippen LogP contribution in [0.5, 0.6) is 5.75 Å². The average Bonchev–Trinajstić information content (AvgIpc) is 2.57. The highest BCUT2D eigenvalue weighted by molar-refractivity contribution is 6.34. The number of nitrogens with zero attached hydrogens (tertiary/aromatic N) is 1. The summed E-state index contributed by atoms with van der Waals surface area (Å²) in [6.45, 7) is 0.327. The lowest BCUT2D eigenvalue weighted by molar-refractivity contribution is 0.112. The number of carbonyl (C=O) groups is 1. The van der Waals surface area contributed by atoms with E-state index in [0.717, 1.165) is 0 Å². The minimum absolute atomic E-state index is 0.0209. The van der Waals surface area contributed by atoms with Crippen molar-refractivity contribution in [3.05, 3.63) is 68.8 Å². The second-order valence-electron chi connectivity index (χ2n) is 5.42. The highest BCUT2D eigenvalue weighted by atomic mass is 35.5. The van der Waals surface area contributed by atoms with E-state index >= 15 is 0 Å². The first-order chi connectivity index (χ1) is 11.5. The Hall–Kier alpha value is -2.79. The molecule has 1 N–H and O–H groups in total. The Morgan fingerprint density at radius 3 is 2.79 bits per heavy atom. The lowest BCUT2D eigenvalue weighted by Crippen LogP contribution is -2.19. The fourth-order valence-electron chi connectivity index (χ4n) is 2.49. The van der Waals surface area contributed by atoms with E-state index < -0.39 is 0 Å². The number of fused-ring (bicyclic) bond motifs is 1. The molecule has 24 heavy (non-hydrogen) atoms. The van der Waals surface area contributed by atoms with Crippen LogP contribution in [-0.2, 0) is 6.54 Å². The lowest BCUT2D eigenvalue weighted by atomic mass is 10.1. The molecule has 0 aliphatic heterocycles. The predicted octanol–water partition coefficient (Wildman–Crippen LogP) is 3.60. The molecule has 0 saturated heterocycles. The lowest BCUT2D eigenvalue weighted by Gasteiger charge is -2.19. The molecule has 6 heteroatoms. The molecule has 0 aliphatic rings. The molecule has 0 saturated carbocycles. The molecule has 0 spiro atoms. The first kappa shape index (κ1) is 16.1. The van der Waals surface area contributed by atoms with Crippen molar-refractivity contribution >= 4 is 34.7 Å². The summed E-state index contributed by atoms with van der Waals surface area (Å²) < 4.78 is 5.76. The third-order valence-electron chi connectivity index (χ3n) is 3.73. The Morgan fingerprint density at radius 2 is 2.04 bits per heavy atom. The van der Waals surface area contributed by atoms with Gasteiger partial charge in [-0.2, -0.15) is 0 Å². The van der Waals surface area contributed by atoms with Crippen LogP contribution >= 0.6 is 11.6 Å². The molecule has 0 atom stereocenters. The minimum Gasteiger partial charge on any atom is -0.508 e. The normalized spacial score (nSPS) is 10.8. The summed E-state index contributed by atoms with van der Waals surface area (Å²) >= 11 is 6.11. The number of aldehydes is 1. The molecular formula is C18H14ClNO4. The second kappa shape index (κ2) is 6.37. The third kappa shape index (κ3) is 2.98. The standard InChI is InChI=1S/C18H14ClNO4/c1-20(9-11-5-6-13(22)7-12(11)10-21)17-8-16(23)14-3-2-4-15(19)18(14)24-17/h2-8,10,22H,9H2,1H3. The molecule has 0 unspecified atom stereocenters. The van der Waals surface area contributed by atoms with Crippen LogP contribution in [0, 0.1) is 0 Å². The van der Waals surface area contributed by atoms with E-state index in [4.69, 9.17) is 16.0 Å². The number of phenolic OH excluding ortho intramolecular Hbond substituents is 1. The molecule has 3 aromatic rings. The number of phenols is 1. The highest BCUT2D eigenvalue weighted by Gasteiger charge is 2.13. The molecule has 3 rings (SSSR count). The second-order valence-corrected chi connectivity index (χ2v) is 5.83. The van der Waals surface area contributed by atoms with Crippen LogP contribution in [0.3, 0.4) is 0 Å². The molecule has 0 radical (unpaired) electrons. The summed E-state index contributed by atoms with van der Waals surface area (Å²) in [5, 5.41) is 10.2. The van der Waals surface area contributed by atoms with Crippen molar-refractivity contribution in [1.29, 1.82) is 0 Å². The topological polar surface area (TPSA) is 70.8 Å². The SMILES string of the molecule is CN(Cc1ccc(O)cc1C=O)c1cc(=O)c2cccc(Cl)c2o1. The van der Waals surface area contributed by atoms with Crippen LogP contribution in [0.2, 0.25) is 5.02 Å². The van der Waals surface area contributed by atoms with Gasteiger partial charge in [-0.05, 0) is 29.8 Å². The van der Waals surface area contributed by atoms with Gasteiger partial charge in [0, 0.05) is 25.2 Å². The van der Waals surface area contributed by atoms with Gasteiger partial charge in [-0.1, -0.05) is 23.7 Å². The predicted molar refractivity (Wildman–Crippen MR) is 93.1 cm³/mol. The number of aromatic hydroxyl groups is 1. The molecule has 2 aromatic carbocycles. The number of hydrogen-bond acceptors (Lipinski definition) is 5. The number of anilines is 1. The van der Waals surface area contributed by atoms with Gasteiger partial charge >= 0.3 is 0 Å². The first-order valence-electron chi connectivity index (χ1n) is 7.20. The smallest absolute Gasteiger partial charge is 0.200 e. The molecule has 0 bridgehead atoms. The van der Waals surface area contributed by atoms with E-state index in [1.807, 2.05) is 0 Å². The molecule has 1 heterocycles. The van der Waals surface area contributed by atoms with Gasteiger partial charge in [-0.25, -0.2) is 0 Å². The number of rotatable bonds is 4. The van der Waals surface area contributed by atoms with Crippen molar-refractivity contribution in [2.24, 2.45) is 0 Å². The van der Waals surface area contributed by atoms with Crippen molar-refractivity contribution in [3.8, 4) is 5.75 Å². The summed E-state index contributed by atoms with van der Waals surface area (Å²) in [4.78, 5) is 25.1. The Morgan fingerprint density at radius 1 is 1.25 bits per heavy atom. The molecule has 1 aromatic heterocycles. The number of halogens is 1. The van der Waals surface area contributed by atoms with E-state index in [2.05, 4.69) is 0 Å². The van der Waals surface area contributed by atoms with Gasteiger partial charge < -0.3 is 14.4 Å².